The van der Waals surface area contributed by atoms with Crippen molar-refractivity contribution in [3.63, 3.8) is 0 Å². The highest BCUT2D eigenvalue weighted by atomic mass is 35.5. The molecule has 1 amide bonds. The van der Waals surface area contributed by atoms with Crippen LogP contribution in [0.4, 0.5) is 0 Å². The molecule has 0 saturated heterocycles. The fourth-order valence-corrected chi connectivity index (χ4v) is 5.67. The maximum absolute atomic E-state index is 12.8. The van der Waals surface area contributed by atoms with Crippen molar-refractivity contribution in [2.75, 3.05) is 6.54 Å². The molecule has 180 valence electrons. The quantitative estimate of drug-likeness (QED) is 0.303. The van der Waals surface area contributed by atoms with Crippen LogP contribution in [-0.4, -0.2) is 22.0 Å². The Morgan fingerprint density at radius 3 is 2.68 bits per heavy atom. The van der Waals surface area contributed by atoms with Gasteiger partial charge in [-0.2, -0.15) is 0 Å². The molecule has 1 aliphatic rings. The Bertz CT molecular complexity index is 1140. The molecule has 8 heteroatoms. The van der Waals surface area contributed by atoms with Crippen molar-refractivity contribution in [3.05, 3.63) is 68.6 Å². The van der Waals surface area contributed by atoms with Gasteiger partial charge in [-0.1, -0.05) is 48.5 Å². The van der Waals surface area contributed by atoms with E-state index in [9.17, 15) is 4.79 Å². The molecule has 1 fully saturated rings. The molecule has 2 heterocycles. The van der Waals surface area contributed by atoms with E-state index in [0.29, 0.717) is 40.4 Å². The van der Waals surface area contributed by atoms with E-state index in [2.05, 4.69) is 16.5 Å². The van der Waals surface area contributed by atoms with E-state index in [4.69, 9.17) is 32.9 Å². The van der Waals surface area contributed by atoms with Crippen LogP contribution in [-0.2, 0) is 13.2 Å². The fraction of sp³-hybridized carbons (Fsp3) is 0.385. The molecule has 1 saturated carbocycles. The minimum absolute atomic E-state index is 0.0855. The molecule has 0 bridgehead atoms. The lowest BCUT2D eigenvalue weighted by atomic mass is 9.89. The first kappa shape index (κ1) is 24.8. The largest absolute Gasteiger partial charge is 0.486 e. The highest BCUT2D eigenvalue weighted by Gasteiger charge is 2.23. The Balaban J connectivity index is 1.58. The van der Waals surface area contributed by atoms with Crippen molar-refractivity contribution in [3.8, 4) is 17.1 Å². The predicted octanol–water partition coefficient (Wildman–Crippen LogP) is 7.30. The molecule has 0 aliphatic heterocycles. The van der Waals surface area contributed by atoms with Gasteiger partial charge in [-0.25, -0.2) is 4.98 Å². The fourth-order valence-electron chi connectivity index (χ4n) is 4.46. The third-order valence-corrected chi connectivity index (χ3v) is 7.45. The van der Waals surface area contributed by atoms with Crippen LogP contribution in [0.25, 0.3) is 11.4 Å². The van der Waals surface area contributed by atoms with Crippen molar-refractivity contribution in [1.82, 2.24) is 14.9 Å². The van der Waals surface area contributed by atoms with Gasteiger partial charge in [0.05, 0.1) is 17.0 Å². The predicted molar refractivity (Wildman–Crippen MR) is 140 cm³/mol. The van der Waals surface area contributed by atoms with Crippen LogP contribution in [0.15, 0.2) is 42.3 Å². The lowest BCUT2D eigenvalue weighted by Gasteiger charge is -2.24. The maximum atomic E-state index is 12.8. The van der Waals surface area contributed by atoms with Crippen molar-refractivity contribution in [2.24, 2.45) is 5.92 Å². The summed E-state index contributed by atoms with van der Waals surface area (Å²) in [7, 11) is 0. The molecule has 34 heavy (non-hydrogen) atoms. The number of rotatable bonds is 9. The Morgan fingerprint density at radius 1 is 1.24 bits per heavy atom. The highest BCUT2D eigenvalue weighted by molar-refractivity contribution is 7.09. The second kappa shape index (κ2) is 11.4. The van der Waals surface area contributed by atoms with Crippen molar-refractivity contribution < 1.29 is 9.53 Å². The molecule has 0 unspecified atom stereocenters. The molecule has 1 N–H and O–H groups in total. The molecule has 1 aliphatic carbocycles. The molecule has 1 aromatic carbocycles. The van der Waals surface area contributed by atoms with Crippen LogP contribution in [0.5, 0.6) is 5.75 Å². The number of carbonyl (C=O) groups excluding carboxylic acids is 1. The van der Waals surface area contributed by atoms with Crippen LogP contribution in [0.1, 0.15) is 53.2 Å². The Hall–Kier alpha value is -2.28. The number of nitrogens with zero attached hydrogens (tertiary/aromatic N) is 2. The third kappa shape index (κ3) is 6.04. The molecule has 2 aromatic heterocycles. The average Bonchev–Trinajstić information content (AvgIpc) is 3.41. The Kier molecular flexibility index (Phi) is 8.35. The molecule has 0 atom stereocenters. The second-order valence-corrected chi connectivity index (χ2v) is 10.5. The number of halogens is 2. The third-order valence-electron chi connectivity index (χ3n) is 6.20. The normalized spacial score (nSPS) is 14.2. The summed E-state index contributed by atoms with van der Waals surface area (Å²) in [6.07, 6.45) is 8.02. The van der Waals surface area contributed by atoms with Crippen LogP contribution in [0.2, 0.25) is 10.0 Å². The lowest BCUT2D eigenvalue weighted by molar-refractivity contribution is 0.0957. The summed E-state index contributed by atoms with van der Waals surface area (Å²) >= 11 is 13.7. The number of hydrogen-bond acceptors (Lipinski definition) is 4. The summed E-state index contributed by atoms with van der Waals surface area (Å²) in [6, 6.07) is 7.10. The zero-order chi connectivity index (χ0) is 24.1. The molecular weight excluding hydrogens is 489 g/mol. The van der Waals surface area contributed by atoms with Crippen molar-refractivity contribution >= 4 is 40.4 Å². The van der Waals surface area contributed by atoms with Gasteiger partial charge < -0.3 is 14.6 Å². The zero-order valence-electron chi connectivity index (χ0n) is 19.3. The number of nitrogens with one attached hydrogen (secondary N) is 1. The molecular formula is C26H29Cl2N3O2S. The van der Waals surface area contributed by atoms with E-state index < -0.39 is 0 Å². The van der Waals surface area contributed by atoms with Crippen molar-refractivity contribution in [2.45, 2.75) is 52.2 Å². The first-order valence-electron chi connectivity index (χ1n) is 11.6. The highest BCUT2D eigenvalue weighted by Crippen LogP contribution is 2.32. The van der Waals surface area contributed by atoms with Gasteiger partial charge in [0.25, 0.3) is 5.91 Å². The van der Waals surface area contributed by atoms with Crippen LogP contribution in [0.3, 0.4) is 0 Å². The van der Waals surface area contributed by atoms with Gasteiger partial charge in [-0.05, 0) is 49.9 Å². The second-order valence-electron chi connectivity index (χ2n) is 8.66. The van der Waals surface area contributed by atoms with E-state index in [1.807, 2.05) is 18.4 Å². The summed E-state index contributed by atoms with van der Waals surface area (Å²) in [5, 5.41) is 6.83. The average molecular weight is 519 g/mol. The summed E-state index contributed by atoms with van der Waals surface area (Å²) in [5.41, 5.74) is 3.49. The van der Waals surface area contributed by atoms with Crippen LogP contribution in [0, 0.1) is 12.8 Å². The van der Waals surface area contributed by atoms with Gasteiger partial charge >= 0.3 is 0 Å². The minimum Gasteiger partial charge on any atom is -0.486 e. The van der Waals surface area contributed by atoms with Gasteiger partial charge in [-0.3, -0.25) is 4.79 Å². The summed E-state index contributed by atoms with van der Waals surface area (Å²) in [4.78, 5) is 17.6. The Morgan fingerprint density at radius 2 is 1.97 bits per heavy atom. The van der Waals surface area contributed by atoms with Crippen LogP contribution >= 0.6 is 34.5 Å². The maximum Gasteiger partial charge on any atom is 0.253 e. The van der Waals surface area contributed by atoms with E-state index in [1.165, 1.54) is 43.4 Å². The Labute approximate surface area is 214 Å². The molecule has 0 radical (unpaired) electrons. The van der Waals surface area contributed by atoms with Crippen LogP contribution < -0.4 is 10.1 Å². The van der Waals surface area contributed by atoms with Crippen molar-refractivity contribution in [1.29, 1.82) is 0 Å². The molecule has 4 rings (SSSR count). The van der Waals surface area contributed by atoms with Gasteiger partial charge in [0.1, 0.15) is 17.4 Å². The summed E-state index contributed by atoms with van der Waals surface area (Å²) in [6.45, 7) is 7.37. The van der Waals surface area contributed by atoms with Gasteiger partial charge in [-0.15, -0.1) is 17.9 Å². The first-order chi connectivity index (χ1) is 16.4. The molecule has 0 spiro atoms. The number of amides is 1. The number of benzene rings is 1. The zero-order valence-corrected chi connectivity index (χ0v) is 21.6. The van der Waals surface area contributed by atoms with Gasteiger partial charge in [0.15, 0.2) is 0 Å². The standard InChI is InChI=1S/C26H29Cl2N3O2S/c1-3-9-29-26(32)22-13-24(31(17(22)2)14-18-7-5-4-6-8-18)23-16-34-25(30-23)15-33-21-11-19(27)10-20(28)12-21/h3,10-13,16,18H,1,4-9,14-15H2,2H3,(H,29,32). The minimum atomic E-state index is -0.0855. The molecule has 3 aromatic rings. The summed E-state index contributed by atoms with van der Waals surface area (Å²) in [5.74, 6) is 1.14. The van der Waals surface area contributed by atoms with E-state index in [-0.39, 0.29) is 5.91 Å². The van der Waals surface area contributed by atoms with E-state index in [0.717, 1.165) is 28.6 Å². The number of ether oxygens (including phenoxy) is 1. The summed E-state index contributed by atoms with van der Waals surface area (Å²) < 4.78 is 8.14. The molecule has 5 nitrogen and oxygen atoms in total. The number of hydrogen-bond donors (Lipinski definition) is 1. The smallest absolute Gasteiger partial charge is 0.253 e. The number of carbonyl (C=O) groups is 1. The monoisotopic (exact) mass is 517 g/mol. The van der Waals surface area contributed by atoms with E-state index in [1.54, 1.807) is 24.3 Å². The topological polar surface area (TPSA) is 56.1 Å². The lowest BCUT2D eigenvalue weighted by Crippen LogP contribution is -2.24. The SMILES string of the molecule is C=CCNC(=O)c1cc(-c2csc(COc3cc(Cl)cc(Cl)c3)n2)n(CC2CCCCC2)c1C. The first-order valence-corrected chi connectivity index (χ1v) is 13.2. The van der Waals surface area contributed by atoms with Gasteiger partial charge in [0, 0.05) is 34.2 Å². The number of thiazole rings is 1. The van der Waals surface area contributed by atoms with Gasteiger partial charge in [0.2, 0.25) is 0 Å². The van der Waals surface area contributed by atoms with E-state index >= 15 is 0 Å². The number of aromatic nitrogens is 2.